The standard InChI is InChI=1S/C21H23F2N3O2/c1-12(2)19(26-20(27)15-5-3-4-6-16(15)22)21(28)25-17-8-7-13-11-24-10-9-14(13)18(17)23/h3-8,12,19,24H,9-11H2,1-2H3,(H,25,28)(H,26,27). The molecule has 0 fully saturated rings. The van der Waals surface area contributed by atoms with Gasteiger partial charge in [0.2, 0.25) is 5.91 Å². The molecule has 28 heavy (non-hydrogen) atoms. The Morgan fingerprint density at radius 3 is 2.57 bits per heavy atom. The van der Waals surface area contributed by atoms with Gasteiger partial charge in [-0.25, -0.2) is 8.78 Å². The quantitative estimate of drug-likeness (QED) is 0.739. The molecule has 1 unspecified atom stereocenters. The highest BCUT2D eigenvalue weighted by Crippen LogP contribution is 2.25. The van der Waals surface area contributed by atoms with Crippen molar-refractivity contribution in [3.05, 3.63) is 64.7 Å². The zero-order valence-electron chi connectivity index (χ0n) is 15.8. The van der Waals surface area contributed by atoms with Gasteiger partial charge in [0, 0.05) is 6.54 Å². The first-order valence-electron chi connectivity index (χ1n) is 9.25. The third-order valence-corrected chi connectivity index (χ3v) is 4.82. The van der Waals surface area contributed by atoms with Crippen molar-refractivity contribution >= 4 is 17.5 Å². The summed E-state index contributed by atoms with van der Waals surface area (Å²) in [5.74, 6) is -2.63. The van der Waals surface area contributed by atoms with Crippen LogP contribution in [0.5, 0.6) is 0 Å². The van der Waals surface area contributed by atoms with Crippen molar-refractivity contribution < 1.29 is 18.4 Å². The summed E-state index contributed by atoms with van der Waals surface area (Å²) >= 11 is 0. The fourth-order valence-corrected chi connectivity index (χ4v) is 3.24. The topological polar surface area (TPSA) is 70.2 Å². The summed E-state index contributed by atoms with van der Waals surface area (Å²) < 4.78 is 28.6. The van der Waals surface area contributed by atoms with Gasteiger partial charge in [-0.1, -0.05) is 32.0 Å². The van der Waals surface area contributed by atoms with Gasteiger partial charge in [0.1, 0.15) is 17.7 Å². The number of benzene rings is 2. The predicted molar refractivity (Wildman–Crippen MR) is 103 cm³/mol. The van der Waals surface area contributed by atoms with Crippen molar-refractivity contribution in [2.75, 3.05) is 11.9 Å². The van der Waals surface area contributed by atoms with Crippen LogP contribution in [0, 0.1) is 17.6 Å². The molecule has 0 saturated heterocycles. The van der Waals surface area contributed by atoms with E-state index in [-0.39, 0.29) is 17.2 Å². The lowest BCUT2D eigenvalue weighted by Gasteiger charge is -2.23. The van der Waals surface area contributed by atoms with E-state index in [1.165, 1.54) is 24.3 Å². The van der Waals surface area contributed by atoms with E-state index >= 15 is 0 Å². The maximum atomic E-state index is 14.8. The monoisotopic (exact) mass is 387 g/mol. The lowest BCUT2D eigenvalue weighted by molar-refractivity contribution is -0.118. The number of anilines is 1. The van der Waals surface area contributed by atoms with Crippen molar-refractivity contribution in [1.82, 2.24) is 10.6 Å². The number of hydrogen-bond donors (Lipinski definition) is 3. The second-order valence-corrected chi connectivity index (χ2v) is 7.16. The highest BCUT2D eigenvalue weighted by atomic mass is 19.1. The van der Waals surface area contributed by atoms with Crippen molar-refractivity contribution in [3.63, 3.8) is 0 Å². The van der Waals surface area contributed by atoms with E-state index in [0.717, 1.165) is 5.56 Å². The molecule has 1 heterocycles. The molecular formula is C21H23F2N3O2. The molecule has 1 atom stereocenters. The number of amides is 2. The fourth-order valence-electron chi connectivity index (χ4n) is 3.24. The number of carbonyl (C=O) groups excluding carboxylic acids is 2. The number of hydrogen-bond acceptors (Lipinski definition) is 3. The number of nitrogens with one attached hydrogen (secondary N) is 3. The third-order valence-electron chi connectivity index (χ3n) is 4.82. The lowest BCUT2D eigenvalue weighted by atomic mass is 9.98. The highest BCUT2D eigenvalue weighted by Gasteiger charge is 2.27. The van der Waals surface area contributed by atoms with Gasteiger partial charge in [-0.2, -0.15) is 0 Å². The predicted octanol–water partition coefficient (Wildman–Crippen LogP) is 3.00. The molecule has 1 aliphatic rings. The molecule has 3 rings (SSSR count). The van der Waals surface area contributed by atoms with Crippen LogP contribution in [0.1, 0.15) is 35.3 Å². The van der Waals surface area contributed by atoms with Crippen molar-refractivity contribution in [2.24, 2.45) is 5.92 Å². The van der Waals surface area contributed by atoms with Crippen molar-refractivity contribution in [3.8, 4) is 0 Å². The Morgan fingerprint density at radius 2 is 1.86 bits per heavy atom. The molecule has 7 heteroatoms. The van der Waals surface area contributed by atoms with E-state index in [1.54, 1.807) is 26.0 Å². The minimum absolute atomic E-state index is 0.0800. The third kappa shape index (κ3) is 4.20. The Morgan fingerprint density at radius 1 is 1.11 bits per heavy atom. The molecule has 0 bridgehead atoms. The molecule has 0 spiro atoms. The van der Waals surface area contributed by atoms with Gasteiger partial charge >= 0.3 is 0 Å². The molecule has 0 saturated carbocycles. The van der Waals surface area contributed by atoms with Crippen LogP contribution in [-0.4, -0.2) is 24.4 Å². The summed E-state index contributed by atoms with van der Waals surface area (Å²) in [6, 6.07) is 7.91. The number of halogens is 2. The normalized spacial score (nSPS) is 14.3. The zero-order valence-corrected chi connectivity index (χ0v) is 15.8. The Labute approximate surface area is 162 Å². The minimum Gasteiger partial charge on any atom is -0.340 e. The van der Waals surface area contributed by atoms with Crippen LogP contribution in [0.25, 0.3) is 0 Å². The second-order valence-electron chi connectivity index (χ2n) is 7.16. The molecule has 0 aromatic heterocycles. The van der Waals surface area contributed by atoms with Crippen LogP contribution in [-0.2, 0) is 17.8 Å². The van der Waals surface area contributed by atoms with Crippen LogP contribution >= 0.6 is 0 Å². The number of fused-ring (bicyclic) bond motifs is 1. The second kappa shape index (κ2) is 8.48. The molecule has 0 aliphatic carbocycles. The van der Waals surface area contributed by atoms with E-state index in [0.29, 0.717) is 25.1 Å². The van der Waals surface area contributed by atoms with Crippen molar-refractivity contribution in [1.29, 1.82) is 0 Å². The maximum absolute atomic E-state index is 14.8. The van der Waals surface area contributed by atoms with E-state index in [9.17, 15) is 18.4 Å². The van der Waals surface area contributed by atoms with E-state index in [2.05, 4.69) is 16.0 Å². The summed E-state index contributed by atoms with van der Waals surface area (Å²) in [4.78, 5) is 25.1. The van der Waals surface area contributed by atoms with Gasteiger partial charge in [0.05, 0.1) is 11.3 Å². The summed E-state index contributed by atoms with van der Waals surface area (Å²) in [7, 11) is 0. The molecule has 5 nitrogen and oxygen atoms in total. The maximum Gasteiger partial charge on any atom is 0.254 e. The average molecular weight is 387 g/mol. The van der Waals surface area contributed by atoms with Gasteiger partial charge in [-0.3, -0.25) is 9.59 Å². The molecule has 148 valence electrons. The molecular weight excluding hydrogens is 364 g/mol. The van der Waals surface area contributed by atoms with E-state index in [1.807, 2.05) is 0 Å². The van der Waals surface area contributed by atoms with E-state index in [4.69, 9.17) is 0 Å². The summed E-state index contributed by atoms with van der Waals surface area (Å²) in [5, 5.41) is 8.29. The summed E-state index contributed by atoms with van der Waals surface area (Å²) in [6.07, 6.45) is 0.544. The fraction of sp³-hybridized carbons (Fsp3) is 0.333. The largest absolute Gasteiger partial charge is 0.340 e. The van der Waals surface area contributed by atoms with Crippen LogP contribution in [0.2, 0.25) is 0 Å². The first-order chi connectivity index (χ1) is 13.4. The first-order valence-corrected chi connectivity index (χ1v) is 9.25. The summed E-state index contributed by atoms with van der Waals surface area (Å²) in [5.41, 5.74) is 1.40. The first kappa shape index (κ1) is 19.9. The van der Waals surface area contributed by atoms with Crippen LogP contribution < -0.4 is 16.0 Å². The van der Waals surface area contributed by atoms with E-state index < -0.39 is 29.5 Å². The van der Waals surface area contributed by atoms with Crippen LogP contribution in [0.4, 0.5) is 14.5 Å². The van der Waals surface area contributed by atoms with Gasteiger partial charge < -0.3 is 16.0 Å². The Kier molecular flexibility index (Phi) is 6.04. The van der Waals surface area contributed by atoms with Crippen LogP contribution in [0.15, 0.2) is 36.4 Å². The SMILES string of the molecule is CC(C)C(NC(=O)c1ccccc1F)C(=O)Nc1ccc2c(c1F)CCNC2. The van der Waals surface area contributed by atoms with Gasteiger partial charge in [-0.15, -0.1) is 0 Å². The Balaban J connectivity index is 1.77. The zero-order chi connectivity index (χ0) is 20.3. The molecule has 2 aromatic rings. The molecule has 1 aliphatic heterocycles. The average Bonchev–Trinajstić information content (AvgIpc) is 2.68. The molecule has 0 radical (unpaired) electrons. The molecule has 2 amide bonds. The lowest BCUT2D eigenvalue weighted by Crippen LogP contribution is -2.47. The number of carbonyl (C=O) groups is 2. The Hall–Kier alpha value is -2.80. The highest BCUT2D eigenvalue weighted by molar-refractivity contribution is 6.01. The van der Waals surface area contributed by atoms with Gasteiger partial charge in [-0.05, 0) is 48.2 Å². The molecule has 3 N–H and O–H groups in total. The Bertz CT molecular complexity index is 899. The van der Waals surface area contributed by atoms with Gasteiger partial charge in [0.15, 0.2) is 0 Å². The van der Waals surface area contributed by atoms with Crippen molar-refractivity contribution in [2.45, 2.75) is 32.9 Å². The summed E-state index contributed by atoms with van der Waals surface area (Å²) in [6.45, 7) is 4.77. The van der Waals surface area contributed by atoms with Crippen LogP contribution in [0.3, 0.4) is 0 Å². The molecule has 2 aromatic carbocycles. The smallest absolute Gasteiger partial charge is 0.254 e. The number of rotatable bonds is 5. The van der Waals surface area contributed by atoms with Gasteiger partial charge in [0.25, 0.3) is 5.91 Å². The minimum atomic E-state index is -0.941.